The van der Waals surface area contributed by atoms with Crippen molar-refractivity contribution in [3.63, 3.8) is 0 Å². The third-order valence-electron chi connectivity index (χ3n) is 3.23. The lowest BCUT2D eigenvalue weighted by Gasteiger charge is -2.19. The van der Waals surface area contributed by atoms with Crippen LogP contribution in [0.5, 0.6) is 0 Å². The highest BCUT2D eigenvalue weighted by Gasteiger charge is 2.27. The first kappa shape index (κ1) is 13.5. The van der Waals surface area contributed by atoms with E-state index in [9.17, 15) is 4.79 Å². The summed E-state index contributed by atoms with van der Waals surface area (Å²) in [7, 11) is 0. The van der Waals surface area contributed by atoms with Crippen molar-refractivity contribution in [1.29, 1.82) is 0 Å². The second-order valence-corrected chi connectivity index (χ2v) is 6.00. The van der Waals surface area contributed by atoms with Crippen molar-refractivity contribution in [1.82, 2.24) is 0 Å². The molecule has 98 valence electrons. The maximum absolute atomic E-state index is 12.1. The van der Waals surface area contributed by atoms with E-state index in [1.165, 1.54) is 25.7 Å². The van der Waals surface area contributed by atoms with E-state index >= 15 is 0 Å². The van der Waals surface area contributed by atoms with Gasteiger partial charge in [0.1, 0.15) is 5.25 Å². The summed E-state index contributed by atoms with van der Waals surface area (Å²) >= 11 is 1.78. The van der Waals surface area contributed by atoms with E-state index in [1.807, 2.05) is 37.3 Å². The highest BCUT2D eigenvalue weighted by atomic mass is 32.2. The minimum Gasteiger partial charge on any atom is -0.465 e. The van der Waals surface area contributed by atoms with E-state index in [-0.39, 0.29) is 11.2 Å². The summed E-state index contributed by atoms with van der Waals surface area (Å²) in [5.41, 5.74) is 1.06. The van der Waals surface area contributed by atoms with Gasteiger partial charge < -0.3 is 4.74 Å². The van der Waals surface area contributed by atoms with Crippen LogP contribution in [0.2, 0.25) is 0 Å². The van der Waals surface area contributed by atoms with Crippen molar-refractivity contribution in [3.8, 4) is 0 Å². The molecule has 18 heavy (non-hydrogen) atoms. The van der Waals surface area contributed by atoms with E-state index in [1.54, 1.807) is 11.8 Å². The average molecular weight is 264 g/mol. The Morgan fingerprint density at radius 3 is 2.61 bits per heavy atom. The number of carbonyl (C=O) groups is 1. The Labute approximate surface area is 113 Å². The van der Waals surface area contributed by atoms with Gasteiger partial charge in [-0.25, -0.2) is 0 Å². The fourth-order valence-corrected chi connectivity index (χ4v) is 3.82. The van der Waals surface area contributed by atoms with E-state index < -0.39 is 0 Å². The summed E-state index contributed by atoms with van der Waals surface area (Å²) in [5.74, 6) is -0.0967. The minimum atomic E-state index is -0.158. The maximum atomic E-state index is 12.1. The van der Waals surface area contributed by atoms with Gasteiger partial charge in [0.15, 0.2) is 0 Å². The molecular weight excluding hydrogens is 244 g/mol. The van der Waals surface area contributed by atoms with Gasteiger partial charge >= 0.3 is 5.97 Å². The van der Waals surface area contributed by atoms with Crippen molar-refractivity contribution in [2.75, 3.05) is 6.61 Å². The van der Waals surface area contributed by atoms with Gasteiger partial charge in [0.05, 0.1) is 6.61 Å². The molecule has 2 nitrogen and oxygen atoms in total. The molecule has 1 aliphatic rings. The molecule has 3 heteroatoms. The molecule has 1 aromatic carbocycles. The molecular formula is C15H20O2S. The molecule has 1 aromatic rings. The van der Waals surface area contributed by atoms with Crippen LogP contribution in [0.1, 0.15) is 43.4 Å². The molecule has 0 bridgehead atoms. The number of hydrogen-bond donors (Lipinski definition) is 0. The lowest BCUT2D eigenvalue weighted by Crippen LogP contribution is -2.15. The number of carbonyl (C=O) groups excluding carboxylic acids is 1. The predicted octanol–water partition coefficient (Wildman–Crippen LogP) is 3.97. The molecule has 0 saturated heterocycles. The smallest absolute Gasteiger partial charge is 0.323 e. The quantitative estimate of drug-likeness (QED) is 0.753. The summed E-state index contributed by atoms with van der Waals surface area (Å²) in [6, 6.07) is 9.98. The van der Waals surface area contributed by atoms with Gasteiger partial charge in [0, 0.05) is 5.25 Å². The molecule has 1 atom stereocenters. The van der Waals surface area contributed by atoms with Crippen LogP contribution in [0.25, 0.3) is 0 Å². The first-order chi connectivity index (χ1) is 8.81. The van der Waals surface area contributed by atoms with Crippen molar-refractivity contribution in [2.45, 2.75) is 43.1 Å². The lowest BCUT2D eigenvalue weighted by molar-refractivity contribution is -0.142. The normalized spacial score (nSPS) is 17.6. The molecule has 0 heterocycles. The van der Waals surface area contributed by atoms with E-state index in [0.717, 1.165) is 5.56 Å². The number of thioether (sulfide) groups is 1. The molecule has 0 aliphatic heterocycles. The highest BCUT2D eigenvalue weighted by Crippen LogP contribution is 2.40. The average Bonchev–Trinajstić information content (AvgIpc) is 2.90. The summed E-state index contributed by atoms with van der Waals surface area (Å²) in [6.45, 7) is 2.31. The molecule has 1 fully saturated rings. The number of hydrogen-bond acceptors (Lipinski definition) is 3. The van der Waals surface area contributed by atoms with E-state index in [4.69, 9.17) is 4.74 Å². The number of ether oxygens (including phenoxy) is 1. The Hall–Kier alpha value is -0.960. The second-order valence-electron chi connectivity index (χ2n) is 4.59. The molecule has 1 saturated carbocycles. The van der Waals surface area contributed by atoms with Crippen LogP contribution in [0.3, 0.4) is 0 Å². The van der Waals surface area contributed by atoms with Crippen molar-refractivity contribution >= 4 is 17.7 Å². The zero-order chi connectivity index (χ0) is 12.8. The lowest BCUT2D eigenvalue weighted by atomic mass is 10.1. The number of benzene rings is 1. The second kappa shape index (κ2) is 6.83. The topological polar surface area (TPSA) is 26.3 Å². The Morgan fingerprint density at radius 2 is 2.00 bits per heavy atom. The molecule has 1 unspecified atom stereocenters. The number of rotatable bonds is 5. The molecule has 2 rings (SSSR count). The highest BCUT2D eigenvalue weighted by molar-refractivity contribution is 8.00. The summed E-state index contributed by atoms with van der Waals surface area (Å²) in [6.07, 6.45) is 5.05. The SMILES string of the molecule is CCOC(=O)C(SC1CCCC1)c1ccccc1. The monoisotopic (exact) mass is 264 g/mol. The molecule has 0 N–H and O–H groups in total. The van der Waals surface area contributed by atoms with Gasteiger partial charge in [0.25, 0.3) is 0 Å². The number of esters is 1. The first-order valence-electron chi connectivity index (χ1n) is 6.68. The van der Waals surface area contributed by atoms with Crippen LogP contribution >= 0.6 is 11.8 Å². The zero-order valence-electron chi connectivity index (χ0n) is 10.8. The maximum Gasteiger partial charge on any atom is 0.323 e. The van der Waals surface area contributed by atoms with Crippen molar-refractivity contribution in [2.24, 2.45) is 0 Å². The van der Waals surface area contributed by atoms with Gasteiger partial charge in [-0.2, -0.15) is 0 Å². The summed E-state index contributed by atoms with van der Waals surface area (Å²) in [4.78, 5) is 12.1. The fourth-order valence-electron chi connectivity index (χ4n) is 2.33. The summed E-state index contributed by atoms with van der Waals surface area (Å²) in [5, 5.41) is 0.453. The van der Waals surface area contributed by atoms with Crippen molar-refractivity contribution in [3.05, 3.63) is 35.9 Å². The Kier molecular flexibility index (Phi) is 5.12. The van der Waals surface area contributed by atoms with Crippen LogP contribution in [0, 0.1) is 0 Å². The predicted molar refractivity (Wildman–Crippen MR) is 75.7 cm³/mol. The fraction of sp³-hybridized carbons (Fsp3) is 0.533. The van der Waals surface area contributed by atoms with Gasteiger partial charge in [-0.05, 0) is 25.3 Å². The van der Waals surface area contributed by atoms with Crippen LogP contribution in [0.4, 0.5) is 0 Å². The van der Waals surface area contributed by atoms with E-state index in [0.29, 0.717) is 11.9 Å². The van der Waals surface area contributed by atoms with Crippen LogP contribution < -0.4 is 0 Å². The molecule has 1 aliphatic carbocycles. The molecule has 0 radical (unpaired) electrons. The first-order valence-corrected chi connectivity index (χ1v) is 7.62. The molecule has 0 amide bonds. The van der Waals surface area contributed by atoms with Gasteiger partial charge in [-0.3, -0.25) is 4.79 Å². The van der Waals surface area contributed by atoms with Gasteiger partial charge in [0.2, 0.25) is 0 Å². The Morgan fingerprint density at radius 1 is 1.33 bits per heavy atom. The third kappa shape index (κ3) is 3.52. The summed E-state index contributed by atoms with van der Waals surface area (Å²) < 4.78 is 5.21. The molecule has 0 aromatic heterocycles. The van der Waals surface area contributed by atoms with Crippen LogP contribution in [-0.4, -0.2) is 17.8 Å². The minimum absolute atomic E-state index is 0.0967. The van der Waals surface area contributed by atoms with Crippen molar-refractivity contribution < 1.29 is 9.53 Å². The third-order valence-corrected chi connectivity index (χ3v) is 4.83. The standard InChI is InChI=1S/C15H20O2S/c1-2-17-15(16)14(12-8-4-3-5-9-12)18-13-10-6-7-11-13/h3-5,8-9,13-14H,2,6-7,10-11H2,1H3. The van der Waals surface area contributed by atoms with E-state index in [2.05, 4.69) is 0 Å². The van der Waals surface area contributed by atoms with Gasteiger partial charge in [-0.15, -0.1) is 11.8 Å². The molecule has 0 spiro atoms. The van der Waals surface area contributed by atoms with Gasteiger partial charge in [-0.1, -0.05) is 43.2 Å². The largest absolute Gasteiger partial charge is 0.465 e. The Balaban J connectivity index is 2.09. The zero-order valence-corrected chi connectivity index (χ0v) is 11.6. The van der Waals surface area contributed by atoms with Crippen LogP contribution in [0.15, 0.2) is 30.3 Å². The Bertz CT molecular complexity index is 371. The van der Waals surface area contributed by atoms with Crippen LogP contribution in [-0.2, 0) is 9.53 Å².